The summed E-state index contributed by atoms with van der Waals surface area (Å²) in [5, 5.41) is 0. The van der Waals surface area contributed by atoms with Gasteiger partial charge in [-0.2, -0.15) is 4.31 Å². The van der Waals surface area contributed by atoms with Gasteiger partial charge in [0, 0.05) is 25.0 Å². The van der Waals surface area contributed by atoms with Gasteiger partial charge in [0.25, 0.3) is 0 Å². The summed E-state index contributed by atoms with van der Waals surface area (Å²) in [6.45, 7) is 0.317. The molecule has 0 saturated heterocycles. The quantitative estimate of drug-likeness (QED) is 0.734. The molecule has 0 amide bonds. The van der Waals surface area contributed by atoms with Gasteiger partial charge in [-0.1, -0.05) is 0 Å². The minimum absolute atomic E-state index is 0.0316. The first-order chi connectivity index (χ1) is 11.5. The van der Waals surface area contributed by atoms with E-state index in [9.17, 15) is 13.2 Å². The first-order valence-corrected chi connectivity index (χ1v) is 9.11. The molecule has 1 aromatic carbocycles. The summed E-state index contributed by atoms with van der Waals surface area (Å²) in [6, 6.07) is 8.31. The minimum atomic E-state index is -3.64. The molecule has 3 aromatic rings. The number of hydrogen-bond acceptors (Lipinski definition) is 4. The Bertz CT molecular complexity index is 1040. The first-order valence-electron chi connectivity index (χ1n) is 7.67. The van der Waals surface area contributed by atoms with Crippen LogP contribution in [0.3, 0.4) is 0 Å². The molecule has 7 nitrogen and oxygen atoms in total. The maximum Gasteiger partial charge on any atom is 0.323 e. The molecule has 8 heteroatoms. The van der Waals surface area contributed by atoms with Gasteiger partial charge in [-0.3, -0.25) is 4.98 Å². The summed E-state index contributed by atoms with van der Waals surface area (Å²) in [7, 11) is -3.64. The average molecular weight is 344 g/mol. The van der Waals surface area contributed by atoms with Crippen LogP contribution in [0.5, 0.6) is 0 Å². The summed E-state index contributed by atoms with van der Waals surface area (Å²) >= 11 is 0. The summed E-state index contributed by atoms with van der Waals surface area (Å²) < 4.78 is 27.7. The molecule has 2 heterocycles. The molecule has 0 unspecified atom stereocenters. The van der Waals surface area contributed by atoms with E-state index in [4.69, 9.17) is 0 Å². The zero-order chi connectivity index (χ0) is 16.7. The third kappa shape index (κ3) is 2.74. The molecule has 0 aliphatic heterocycles. The van der Waals surface area contributed by atoms with Crippen LogP contribution in [0.15, 0.2) is 52.4 Å². The molecule has 24 heavy (non-hydrogen) atoms. The molecule has 124 valence electrons. The third-order valence-electron chi connectivity index (χ3n) is 4.14. The van der Waals surface area contributed by atoms with Crippen molar-refractivity contribution in [2.75, 3.05) is 0 Å². The molecule has 0 bridgehead atoms. The van der Waals surface area contributed by atoms with E-state index in [0.717, 1.165) is 18.4 Å². The zero-order valence-electron chi connectivity index (χ0n) is 12.8. The number of imidazole rings is 1. The van der Waals surface area contributed by atoms with Crippen LogP contribution in [0.1, 0.15) is 18.4 Å². The van der Waals surface area contributed by atoms with E-state index in [0.29, 0.717) is 17.6 Å². The Morgan fingerprint density at radius 1 is 1.08 bits per heavy atom. The maximum atomic E-state index is 13.1. The summed E-state index contributed by atoms with van der Waals surface area (Å²) in [5.41, 5.74) is 1.62. The van der Waals surface area contributed by atoms with Crippen molar-refractivity contribution in [3.8, 4) is 0 Å². The molecule has 2 N–H and O–H groups in total. The van der Waals surface area contributed by atoms with Gasteiger partial charge in [0.2, 0.25) is 10.0 Å². The highest BCUT2D eigenvalue weighted by Crippen LogP contribution is 2.33. The second kappa shape index (κ2) is 5.57. The Hall–Kier alpha value is -2.45. The number of nitrogens with zero attached hydrogens (tertiary/aromatic N) is 2. The van der Waals surface area contributed by atoms with E-state index >= 15 is 0 Å². The van der Waals surface area contributed by atoms with Crippen molar-refractivity contribution in [3.63, 3.8) is 0 Å². The van der Waals surface area contributed by atoms with Crippen molar-refractivity contribution in [2.24, 2.45) is 0 Å². The number of sulfonamides is 1. The van der Waals surface area contributed by atoms with Crippen LogP contribution in [0, 0.1) is 0 Å². The third-order valence-corrected chi connectivity index (χ3v) is 6.03. The van der Waals surface area contributed by atoms with E-state index in [2.05, 4.69) is 15.0 Å². The SMILES string of the molecule is O=c1[nH]c2ccc(S(=O)(=O)N(Cc3ccncc3)C3CC3)cc2[nH]1. The monoisotopic (exact) mass is 344 g/mol. The van der Waals surface area contributed by atoms with Crippen LogP contribution in [0.4, 0.5) is 0 Å². The van der Waals surface area contributed by atoms with Crippen LogP contribution in [0.25, 0.3) is 11.0 Å². The van der Waals surface area contributed by atoms with Crippen molar-refractivity contribution in [3.05, 3.63) is 58.8 Å². The molecule has 1 saturated carbocycles. The van der Waals surface area contributed by atoms with Gasteiger partial charge in [-0.15, -0.1) is 0 Å². The first kappa shape index (κ1) is 15.1. The molecule has 1 fully saturated rings. The molecule has 1 aliphatic carbocycles. The second-order valence-electron chi connectivity index (χ2n) is 5.92. The van der Waals surface area contributed by atoms with Gasteiger partial charge in [0.05, 0.1) is 15.9 Å². The predicted octanol–water partition coefficient (Wildman–Crippen LogP) is 1.60. The molecular formula is C16H16N4O3S. The van der Waals surface area contributed by atoms with Crippen LogP contribution < -0.4 is 5.69 Å². The minimum Gasteiger partial charge on any atom is -0.306 e. The highest BCUT2D eigenvalue weighted by atomic mass is 32.2. The molecule has 0 radical (unpaired) electrons. The Kier molecular flexibility index (Phi) is 3.50. The van der Waals surface area contributed by atoms with Crippen molar-refractivity contribution in [1.29, 1.82) is 0 Å². The lowest BCUT2D eigenvalue weighted by Gasteiger charge is -2.22. The number of nitrogens with one attached hydrogen (secondary N) is 2. The molecule has 0 atom stereocenters. The fraction of sp³-hybridized carbons (Fsp3) is 0.250. The molecule has 4 rings (SSSR count). The molecular weight excluding hydrogens is 328 g/mol. The van der Waals surface area contributed by atoms with Crippen LogP contribution in [-0.4, -0.2) is 33.7 Å². The van der Waals surface area contributed by atoms with E-state index < -0.39 is 10.0 Å². The van der Waals surface area contributed by atoms with Crippen molar-refractivity contribution in [1.82, 2.24) is 19.3 Å². The normalized spacial score (nSPS) is 15.2. The lowest BCUT2D eigenvalue weighted by atomic mass is 10.3. The van der Waals surface area contributed by atoms with Crippen LogP contribution in [0.2, 0.25) is 0 Å². The van der Waals surface area contributed by atoms with Gasteiger partial charge in [-0.25, -0.2) is 13.2 Å². The second-order valence-corrected chi connectivity index (χ2v) is 7.81. The Labute approximate surface area is 138 Å². The van der Waals surface area contributed by atoms with Gasteiger partial charge in [-0.05, 0) is 48.7 Å². The number of rotatable bonds is 5. The van der Waals surface area contributed by atoms with Gasteiger partial charge >= 0.3 is 5.69 Å². The summed E-state index contributed by atoms with van der Waals surface area (Å²) in [5.74, 6) is 0. The Morgan fingerprint density at radius 3 is 2.50 bits per heavy atom. The van der Waals surface area contributed by atoms with E-state index in [-0.39, 0.29) is 16.6 Å². The lowest BCUT2D eigenvalue weighted by molar-refractivity contribution is 0.398. The highest BCUT2D eigenvalue weighted by molar-refractivity contribution is 7.89. The van der Waals surface area contributed by atoms with Gasteiger partial charge < -0.3 is 9.97 Å². The van der Waals surface area contributed by atoms with Crippen molar-refractivity contribution in [2.45, 2.75) is 30.3 Å². The maximum absolute atomic E-state index is 13.1. The van der Waals surface area contributed by atoms with E-state index in [1.165, 1.54) is 16.4 Å². The fourth-order valence-electron chi connectivity index (χ4n) is 2.75. The average Bonchev–Trinajstić information content (AvgIpc) is 3.33. The van der Waals surface area contributed by atoms with Gasteiger partial charge in [0.1, 0.15) is 0 Å². The van der Waals surface area contributed by atoms with E-state index in [1.807, 2.05) is 12.1 Å². The standard InChI is InChI=1S/C16H16N4O3S/c21-16-18-14-4-3-13(9-15(14)19-16)24(22,23)20(12-1-2-12)10-11-5-7-17-8-6-11/h3-9,12H,1-2,10H2,(H2,18,19,21). The predicted molar refractivity (Wildman–Crippen MR) is 88.9 cm³/mol. The molecule has 1 aliphatic rings. The Balaban J connectivity index is 1.73. The number of fused-ring (bicyclic) bond motifs is 1. The zero-order valence-corrected chi connectivity index (χ0v) is 13.6. The number of H-pyrrole nitrogens is 2. The Morgan fingerprint density at radius 2 is 1.79 bits per heavy atom. The summed E-state index contributed by atoms with van der Waals surface area (Å²) in [6.07, 6.45) is 5.05. The van der Waals surface area contributed by atoms with Gasteiger partial charge in [0.15, 0.2) is 0 Å². The number of benzene rings is 1. The lowest BCUT2D eigenvalue weighted by Crippen LogP contribution is -2.32. The highest BCUT2D eigenvalue weighted by Gasteiger charge is 2.38. The largest absolute Gasteiger partial charge is 0.323 e. The topological polar surface area (TPSA) is 98.9 Å². The number of aromatic nitrogens is 3. The fourth-order valence-corrected chi connectivity index (χ4v) is 4.45. The number of hydrogen-bond donors (Lipinski definition) is 2. The molecule has 0 spiro atoms. The van der Waals surface area contributed by atoms with Crippen molar-refractivity contribution >= 4 is 21.1 Å². The van der Waals surface area contributed by atoms with Crippen LogP contribution >= 0.6 is 0 Å². The summed E-state index contributed by atoms with van der Waals surface area (Å²) in [4.78, 5) is 20.7. The van der Waals surface area contributed by atoms with E-state index in [1.54, 1.807) is 18.5 Å². The molecule has 2 aromatic heterocycles. The van der Waals surface area contributed by atoms with Crippen LogP contribution in [-0.2, 0) is 16.6 Å². The smallest absolute Gasteiger partial charge is 0.306 e. The number of pyridine rings is 1. The number of aromatic amines is 2. The van der Waals surface area contributed by atoms with Crippen molar-refractivity contribution < 1.29 is 8.42 Å².